The second kappa shape index (κ2) is 7.13. The molecule has 27 heavy (non-hydrogen) atoms. The van der Waals surface area contributed by atoms with E-state index < -0.39 is 6.17 Å². The highest BCUT2D eigenvalue weighted by Crippen LogP contribution is 2.31. The third-order valence-corrected chi connectivity index (χ3v) is 4.86. The Morgan fingerprint density at radius 3 is 2.41 bits per heavy atom. The number of halogens is 2. The van der Waals surface area contributed by atoms with E-state index in [0.29, 0.717) is 17.0 Å². The standard InChI is InChI=1S/C18H14BrClN6O/c1-11-17(24-26(22-11)15-6-2-12(19)3-7-15)18-21-16(10-27)23-25(18)14-8-4-13(20)5-9-14/h2-10,18H,1H3,(H,21,23). The topological polar surface area (TPSA) is 75.4 Å². The van der Waals surface area contributed by atoms with E-state index in [9.17, 15) is 4.79 Å². The van der Waals surface area contributed by atoms with E-state index in [1.165, 1.54) is 0 Å². The van der Waals surface area contributed by atoms with E-state index >= 15 is 0 Å². The number of hydrogen-bond acceptors (Lipinski definition) is 6. The normalized spacial score (nSPS) is 16.2. The summed E-state index contributed by atoms with van der Waals surface area (Å²) in [6.45, 7) is 1.87. The minimum Gasteiger partial charge on any atom is -0.294 e. The second-order valence-electron chi connectivity index (χ2n) is 5.90. The average Bonchev–Trinajstić information content (AvgIpc) is 3.26. The summed E-state index contributed by atoms with van der Waals surface area (Å²) in [5, 5.41) is 11.5. The van der Waals surface area contributed by atoms with Gasteiger partial charge in [-0.2, -0.15) is 9.90 Å². The molecule has 136 valence electrons. The molecular formula is C18H14BrClN6O. The van der Waals surface area contributed by atoms with Gasteiger partial charge in [-0.1, -0.05) is 27.5 Å². The van der Waals surface area contributed by atoms with Crippen LogP contribution in [-0.2, 0) is 4.79 Å². The molecule has 0 spiro atoms. The van der Waals surface area contributed by atoms with E-state index in [4.69, 9.17) is 11.6 Å². The summed E-state index contributed by atoms with van der Waals surface area (Å²) >= 11 is 9.40. The summed E-state index contributed by atoms with van der Waals surface area (Å²) in [4.78, 5) is 17.3. The highest BCUT2D eigenvalue weighted by Gasteiger charge is 2.32. The molecule has 0 amide bonds. The molecule has 1 aliphatic rings. The molecule has 2 heterocycles. The molecule has 1 aromatic heterocycles. The lowest BCUT2D eigenvalue weighted by atomic mass is 10.2. The maximum atomic E-state index is 11.3. The molecule has 1 N–H and O–H groups in total. The minimum atomic E-state index is -0.518. The van der Waals surface area contributed by atoms with Crippen molar-refractivity contribution in [2.24, 2.45) is 4.99 Å². The first-order valence-corrected chi connectivity index (χ1v) is 9.26. The van der Waals surface area contributed by atoms with Crippen LogP contribution in [0.4, 0.5) is 5.69 Å². The molecular weight excluding hydrogens is 432 g/mol. The quantitative estimate of drug-likeness (QED) is 0.621. The molecule has 2 aromatic carbocycles. The third-order valence-electron chi connectivity index (χ3n) is 4.08. The third kappa shape index (κ3) is 3.45. The van der Waals surface area contributed by atoms with Crippen LogP contribution in [0.2, 0.25) is 5.02 Å². The van der Waals surface area contributed by atoms with Crippen LogP contribution >= 0.6 is 27.5 Å². The molecule has 0 bridgehead atoms. The highest BCUT2D eigenvalue weighted by atomic mass is 79.9. The fraction of sp³-hybridized carbons (Fsp3) is 0.111. The minimum absolute atomic E-state index is 0.229. The molecule has 0 fully saturated rings. The van der Waals surface area contributed by atoms with Crippen molar-refractivity contribution in [1.29, 1.82) is 0 Å². The summed E-state index contributed by atoms with van der Waals surface area (Å²) in [5.41, 5.74) is 6.01. The number of carbonyl (C=O) groups is 1. The Morgan fingerprint density at radius 1 is 1.07 bits per heavy atom. The van der Waals surface area contributed by atoms with Crippen LogP contribution in [0.3, 0.4) is 0 Å². The zero-order valence-corrected chi connectivity index (χ0v) is 16.5. The number of hydrazine groups is 1. The Hall–Kier alpha value is -2.71. The first-order valence-electron chi connectivity index (χ1n) is 8.09. The highest BCUT2D eigenvalue weighted by molar-refractivity contribution is 9.10. The van der Waals surface area contributed by atoms with Crippen LogP contribution in [0, 0.1) is 6.92 Å². The fourth-order valence-corrected chi connectivity index (χ4v) is 3.16. The van der Waals surface area contributed by atoms with Crippen molar-refractivity contribution < 1.29 is 4.79 Å². The van der Waals surface area contributed by atoms with Gasteiger partial charge in [-0.05, 0) is 55.5 Å². The SMILES string of the molecule is Cc1nn(-c2ccc(Br)cc2)nc1C1N=C(C=O)NN1c1ccc(Cl)cc1. The van der Waals surface area contributed by atoms with E-state index in [1.54, 1.807) is 21.9 Å². The Balaban J connectivity index is 1.73. The summed E-state index contributed by atoms with van der Waals surface area (Å²) in [6, 6.07) is 14.9. The Morgan fingerprint density at radius 2 is 1.74 bits per heavy atom. The molecule has 3 aromatic rings. The van der Waals surface area contributed by atoms with Crippen LogP contribution in [0.25, 0.3) is 5.69 Å². The number of aromatic nitrogens is 3. The fourth-order valence-electron chi connectivity index (χ4n) is 2.77. The van der Waals surface area contributed by atoms with Gasteiger partial charge >= 0.3 is 0 Å². The number of aldehydes is 1. The molecule has 4 rings (SSSR count). The van der Waals surface area contributed by atoms with Crippen molar-refractivity contribution in [3.63, 3.8) is 0 Å². The van der Waals surface area contributed by atoms with Gasteiger partial charge in [-0.15, -0.1) is 5.10 Å². The Kier molecular flexibility index (Phi) is 4.67. The number of hydrogen-bond donors (Lipinski definition) is 1. The van der Waals surface area contributed by atoms with Gasteiger partial charge in [0.1, 0.15) is 5.69 Å². The van der Waals surface area contributed by atoms with E-state index in [2.05, 4.69) is 36.5 Å². The maximum absolute atomic E-state index is 11.3. The van der Waals surface area contributed by atoms with E-state index in [-0.39, 0.29) is 5.84 Å². The molecule has 0 radical (unpaired) electrons. The Bertz CT molecular complexity index is 1020. The van der Waals surface area contributed by atoms with Gasteiger partial charge in [0, 0.05) is 9.50 Å². The summed E-state index contributed by atoms with van der Waals surface area (Å²) in [5.74, 6) is 0.229. The lowest BCUT2D eigenvalue weighted by molar-refractivity contribution is -0.102. The molecule has 9 heteroatoms. The van der Waals surface area contributed by atoms with Crippen molar-refractivity contribution in [3.05, 3.63) is 69.4 Å². The molecule has 0 saturated carbocycles. The number of nitrogens with zero attached hydrogens (tertiary/aromatic N) is 5. The summed E-state index contributed by atoms with van der Waals surface area (Å²) < 4.78 is 0.976. The molecule has 1 aliphatic heterocycles. The number of amidine groups is 1. The molecule has 0 saturated heterocycles. The number of rotatable bonds is 4. The number of anilines is 1. The van der Waals surface area contributed by atoms with Crippen LogP contribution in [0.1, 0.15) is 17.6 Å². The van der Waals surface area contributed by atoms with Crippen LogP contribution < -0.4 is 10.4 Å². The lowest BCUT2D eigenvalue weighted by Crippen LogP contribution is -2.38. The van der Waals surface area contributed by atoms with Crippen LogP contribution in [0.5, 0.6) is 0 Å². The van der Waals surface area contributed by atoms with Gasteiger partial charge < -0.3 is 0 Å². The smallest absolute Gasteiger partial charge is 0.188 e. The van der Waals surface area contributed by atoms with Crippen LogP contribution in [0.15, 0.2) is 58.0 Å². The van der Waals surface area contributed by atoms with Crippen molar-refractivity contribution >= 4 is 45.3 Å². The number of nitrogens with one attached hydrogen (secondary N) is 1. The first-order chi connectivity index (χ1) is 13.0. The zero-order valence-electron chi connectivity index (χ0n) is 14.2. The number of aliphatic imine (C=N–C) groups is 1. The summed E-state index contributed by atoms with van der Waals surface area (Å²) in [7, 11) is 0. The first kappa shape index (κ1) is 17.7. The van der Waals surface area contributed by atoms with Crippen molar-refractivity contribution in [1.82, 2.24) is 20.4 Å². The van der Waals surface area contributed by atoms with Gasteiger partial charge in [0.05, 0.1) is 17.1 Å². The molecule has 1 atom stereocenters. The zero-order chi connectivity index (χ0) is 19.0. The maximum Gasteiger partial charge on any atom is 0.188 e. The summed E-state index contributed by atoms with van der Waals surface area (Å²) in [6.07, 6.45) is 0.160. The van der Waals surface area contributed by atoms with E-state index in [1.807, 2.05) is 43.3 Å². The average molecular weight is 446 g/mol. The van der Waals surface area contributed by atoms with Crippen molar-refractivity contribution in [2.75, 3.05) is 5.01 Å². The predicted molar refractivity (Wildman–Crippen MR) is 107 cm³/mol. The number of carbonyl (C=O) groups excluding carboxylic acids is 1. The van der Waals surface area contributed by atoms with Gasteiger partial charge in [-0.25, -0.2) is 4.99 Å². The molecule has 7 nitrogen and oxygen atoms in total. The van der Waals surface area contributed by atoms with Crippen LogP contribution in [-0.4, -0.2) is 27.1 Å². The van der Waals surface area contributed by atoms with Gasteiger partial charge in [0.25, 0.3) is 0 Å². The van der Waals surface area contributed by atoms with Crippen molar-refractivity contribution in [2.45, 2.75) is 13.1 Å². The number of benzene rings is 2. The molecule has 1 unspecified atom stereocenters. The number of aryl methyl sites for hydroxylation is 1. The molecule has 0 aliphatic carbocycles. The second-order valence-corrected chi connectivity index (χ2v) is 7.25. The van der Waals surface area contributed by atoms with E-state index in [0.717, 1.165) is 21.5 Å². The van der Waals surface area contributed by atoms with Gasteiger partial charge in [0.15, 0.2) is 18.3 Å². The van der Waals surface area contributed by atoms with Gasteiger partial charge in [-0.3, -0.25) is 15.2 Å². The lowest BCUT2D eigenvalue weighted by Gasteiger charge is -2.24. The van der Waals surface area contributed by atoms with Crippen molar-refractivity contribution in [3.8, 4) is 5.69 Å². The van der Waals surface area contributed by atoms with Gasteiger partial charge in [0.2, 0.25) is 0 Å². The Labute approximate surface area is 168 Å². The monoisotopic (exact) mass is 444 g/mol. The largest absolute Gasteiger partial charge is 0.294 e. The predicted octanol–water partition coefficient (Wildman–Crippen LogP) is 3.61.